The molecule has 1 aromatic rings. The Morgan fingerprint density at radius 1 is 1.42 bits per heavy atom. The zero-order chi connectivity index (χ0) is 9.35. The molecule has 2 heteroatoms. The Morgan fingerprint density at radius 2 is 2.00 bits per heavy atom. The Labute approximate surface area is 74.6 Å². The normalized spacial score (nSPS) is 12.1. The van der Waals surface area contributed by atoms with Crippen LogP contribution in [0.15, 0.2) is 6.20 Å². The molecule has 0 aliphatic rings. The highest BCUT2D eigenvalue weighted by Crippen LogP contribution is 2.25. The van der Waals surface area contributed by atoms with Crippen molar-refractivity contribution in [1.29, 1.82) is 0 Å². The molecule has 0 aromatic carbocycles. The minimum Gasteiger partial charge on any atom is -0.272 e. The third-order valence-corrected chi connectivity index (χ3v) is 2.20. The van der Waals surface area contributed by atoms with Gasteiger partial charge in [0.15, 0.2) is 0 Å². The number of nitrogens with zero attached hydrogens (tertiary/aromatic N) is 2. The van der Waals surface area contributed by atoms with Gasteiger partial charge in [-0.25, -0.2) is 0 Å². The lowest BCUT2D eigenvalue weighted by molar-refractivity contribution is 0.578. The molecule has 0 saturated heterocycles. The fourth-order valence-corrected chi connectivity index (χ4v) is 1.51. The number of aromatic nitrogens is 2. The summed E-state index contributed by atoms with van der Waals surface area (Å²) in [6.07, 6.45) is 3.04. The summed E-state index contributed by atoms with van der Waals surface area (Å²) in [5.41, 5.74) is 2.94. The van der Waals surface area contributed by atoms with Gasteiger partial charge in [-0.05, 0) is 17.4 Å². The number of aryl methyl sites for hydroxylation is 1. The minimum absolute atomic E-state index is 0.222. The Bertz CT molecular complexity index is 266. The van der Waals surface area contributed by atoms with E-state index in [2.05, 4.69) is 32.8 Å². The molecule has 0 fully saturated rings. The van der Waals surface area contributed by atoms with E-state index in [0.717, 1.165) is 6.42 Å². The van der Waals surface area contributed by atoms with E-state index in [1.54, 1.807) is 0 Å². The van der Waals surface area contributed by atoms with Gasteiger partial charge >= 0.3 is 0 Å². The fraction of sp³-hybridized carbons (Fsp3) is 0.700. The van der Waals surface area contributed by atoms with Crippen molar-refractivity contribution in [3.05, 3.63) is 17.5 Å². The van der Waals surface area contributed by atoms with Crippen LogP contribution in [-0.4, -0.2) is 9.78 Å². The largest absolute Gasteiger partial charge is 0.272 e. The molecule has 2 nitrogen and oxygen atoms in total. The van der Waals surface area contributed by atoms with Crippen molar-refractivity contribution >= 4 is 0 Å². The summed E-state index contributed by atoms with van der Waals surface area (Å²) < 4.78 is 1.97. The van der Waals surface area contributed by atoms with E-state index in [9.17, 15) is 0 Å². The molecule has 0 amide bonds. The zero-order valence-corrected chi connectivity index (χ0v) is 8.68. The van der Waals surface area contributed by atoms with Crippen LogP contribution >= 0.6 is 0 Å². The molecular formula is C10H18N2. The van der Waals surface area contributed by atoms with Gasteiger partial charge in [-0.1, -0.05) is 27.7 Å². The molecule has 68 valence electrons. The molecule has 0 bridgehead atoms. The average molecular weight is 166 g/mol. The van der Waals surface area contributed by atoms with Crippen LogP contribution in [0, 0.1) is 0 Å². The van der Waals surface area contributed by atoms with Crippen molar-refractivity contribution in [2.24, 2.45) is 7.05 Å². The molecule has 1 aromatic heterocycles. The molecule has 1 rings (SSSR count). The molecule has 0 aliphatic heterocycles. The maximum absolute atomic E-state index is 4.27. The number of hydrogen-bond acceptors (Lipinski definition) is 1. The topological polar surface area (TPSA) is 17.8 Å². The Morgan fingerprint density at radius 3 is 2.33 bits per heavy atom. The van der Waals surface area contributed by atoms with Crippen LogP contribution in [0.1, 0.15) is 39.0 Å². The highest BCUT2D eigenvalue weighted by molar-refractivity contribution is 5.25. The zero-order valence-electron chi connectivity index (χ0n) is 8.68. The van der Waals surface area contributed by atoms with Gasteiger partial charge in [0.2, 0.25) is 0 Å². The van der Waals surface area contributed by atoms with Crippen LogP contribution in [0.4, 0.5) is 0 Å². The van der Waals surface area contributed by atoms with E-state index in [1.807, 2.05) is 17.9 Å². The highest BCUT2D eigenvalue weighted by atomic mass is 15.3. The summed E-state index contributed by atoms with van der Waals surface area (Å²) in [6, 6.07) is 0. The third-order valence-electron chi connectivity index (χ3n) is 2.20. The molecule has 0 spiro atoms. The van der Waals surface area contributed by atoms with Crippen molar-refractivity contribution in [2.75, 3.05) is 0 Å². The van der Waals surface area contributed by atoms with Gasteiger partial charge in [0.25, 0.3) is 0 Å². The molecule has 1 heterocycles. The van der Waals surface area contributed by atoms with Crippen LogP contribution in [-0.2, 0) is 18.9 Å². The van der Waals surface area contributed by atoms with Crippen molar-refractivity contribution in [3.63, 3.8) is 0 Å². The van der Waals surface area contributed by atoms with E-state index in [1.165, 1.54) is 11.3 Å². The summed E-state index contributed by atoms with van der Waals surface area (Å²) >= 11 is 0. The Kier molecular flexibility index (Phi) is 2.27. The highest BCUT2D eigenvalue weighted by Gasteiger charge is 2.19. The van der Waals surface area contributed by atoms with Crippen LogP contribution in [0.5, 0.6) is 0 Å². The first-order valence-corrected chi connectivity index (χ1v) is 4.48. The first-order chi connectivity index (χ1) is 5.46. The van der Waals surface area contributed by atoms with Crippen molar-refractivity contribution < 1.29 is 0 Å². The predicted octanol–water partition coefficient (Wildman–Crippen LogP) is 2.28. The molecule has 0 saturated carbocycles. The van der Waals surface area contributed by atoms with Gasteiger partial charge in [-0.3, -0.25) is 4.68 Å². The summed E-state index contributed by atoms with van der Waals surface area (Å²) in [6.45, 7) is 8.85. The van der Waals surface area contributed by atoms with Gasteiger partial charge < -0.3 is 0 Å². The maximum atomic E-state index is 4.27. The minimum atomic E-state index is 0.222. The average Bonchev–Trinajstić information content (AvgIpc) is 2.29. The van der Waals surface area contributed by atoms with Crippen LogP contribution in [0.2, 0.25) is 0 Å². The fourth-order valence-electron chi connectivity index (χ4n) is 1.51. The molecule has 0 atom stereocenters. The lowest BCUT2D eigenvalue weighted by Crippen LogP contribution is -2.13. The monoisotopic (exact) mass is 166 g/mol. The predicted molar refractivity (Wildman–Crippen MR) is 51.3 cm³/mol. The van der Waals surface area contributed by atoms with Gasteiger partial charge in [0, 0.05) is 12.7 Å². The van der Waals surface area contributed by atoms with Gasteiger partial charge in [-0.2, -0.15) is 5.10 Å². The second-order valence-electron chi connectivity index (χ2n) is 4.23. The second kappa shape index (κ2) is 2.92. The standard InChI is InChI=1S/C10H18N2/c1-6-9-8(10(2,3)4)7-11-12(9)5/h7H,6H2,1-5H3. The summed E-state index contributed by atoms with van der Waals surface area (Å²) in [7, 11) is 2.01. The lowest BCUT2D eigenvalue weighted by Gasteiger charge is -2.18. The summed E-state index contributed by atoms with van der Waals surface area (Å²) in [5, 5.41) is 4.27. The van der Waals surface area contributed by atoms with Crippen LogP contribution < -0.4 is 0 Å². The Balaban J connectivity index is 3.16. The lowest BCUT2D eigenvalue weighted by atomic mass is 9.87. The Hall–Kier alpha value is -0.790. The maximum Gasteiger partial charge on any atom is 0.0529 e. The van der Waals surface area contributed by atoms with Gasteiger partial charge in [0.1, 0.15) is 0 Å². The number of hydrogen-bond donors (Lipinski definition) is 0. The molecule has 0 aliphatic carbocycles. The van der Waals surface area contributed by atoms with E-state index in [-0.39, 0.29) is 5.41 Å². The molecule has 0 unspecified atom stereocenters. The van der Waals surface area contributed by atoms with Crippen molar-refractivity contribution in [3.8, 4) is 0 Å². The molecule has 12 heavy (non-hydrogen) atoms. The van der Waals surface area contributed by atoms with Gasteiger partial charge in [-0.15, -0.1) is 0 Å². The molecule has 0 N–H and O–H groups in total. The third kappa shape index (κ3) is 1.52. The van der Waals surface area contributed by atoms with Crippen molar-refractivity contribution in [1.82, 2.24) is 9.78 Å². The summed E-state index contributed by atoms with van der Waals surface area (Å²) in [5.74, 6) is 0. The van der Waals surface area contributed by atoms with Crippen LogP contribution in [0.3, 0.4) is 0 Å². The van der Waals surface area contributed by atoms with E-state index in [0.29, 0.717) is 0 Å². The van der Waals surface area contributed by atoms with E-state index < -0.39 is 0 Å². The molecular weight excluding hydrogens is 148 g/mol. The molecule has 0 radical (unpaired) electrons. The smallest absolute Gasteiger partial charge is 0.0529 e. The SMILES string of the molecule is CCc1c(C(C)(C)C)cnn1C. The van der Waals surface area contributed by atoms with E-state index in [4.69, 9.17) is 0 Å². The van der Waals surface area contributed by atoms with Crippen LogP contribution in [0.25, 0.3) is 0 Å². The van der Waals surface area contributed by atoms with Crippen molar-refractivity contribution in [2.45, 2.75) is 39.5 Å². The van der Waals surface area contributed by atoms with E-state index >= 15 is 0 Å². The second-order valence-corrected chi connectivity index (χ2v) is 4.23. The quantitative estimate of drug-likeness (QED) is 0.626. The number of rotatable bonds is 1. The first kappa shape index (κ1) is 9.30. The van der Waals surface area contributed by atoms with Gasteiger partial charge in [0.05, 0.1) is 6.20 Å². The first-order valence-electron chi connectivity index (χ1n) is 4.48. The summed E-state index contributed by atoms with van der Waals surface area (Å²) in [4.78, 5) is 0.